The van der Waals surface area contributed by atoms with Crippen molar-refractivity contribution in [3.8, 4) is 11.1 Å². The van der Waals surface area contributed by atoms with Crippen molar-refractivity contribution in [1.29, 1.82) is 0 Å². The maximum Gasteiger partial charge on any atom is 0.0791 e. The smallest absolute Gasteiger partial charge is 0.0791 e. The predicted octanol–water partition coefficient (Wildman–Crippen LogP) is 2.51. The van der Waals surface area contributed by atoms with Gasteiger partial charge in [-0.05, 0) is 18.1 Å². The summed E-state index contributed by atoms with van der Waals surface area (Å²) in [6, 6.07) is 12.8. The standard InChI is InChI=1S/C16H11N/c1-2-6-12-11(5-1)9-10-14-13-7-3-4-8-15(13)17-16(12)14/h1-4,6-10H,5H2. The van der Waals surface area contributed by atoms with E-state index in [2.05, 4.69) is 48.6 Å². The van der Waals surface area contributed by atoms with Gasteiger partial charge in [-0.15, -0.1) is 0 Å². The van der Waals surface area contributed by atoms with E-state index >= 15 is 0 Å². The zero-order chi connectivity index (χ0) is 11.2. The third-order valence-electron chi connectivity index (χ3n) is 3.47. The second kappa shape index (κ2) is 3.17. The third kappa shape index (κ3) is 1.17. The van der Waals surface area contributed by atoms with Gasteiger partial charge >= 0.3 is 0 Å². The van der Waals surface area contributed by atoms with E-state index in [1.807, 2.05) is 6.07 Å². The molecule has 17 heavy (non-hydrogen) atoms. The number of fused-ring (bicyclic) bond motifs is 5. The Morgan fingerprint density at radius 3 is 2.88 bits per heavy atom. The minimum atomic E-state index is 1.02. The maximum atomic E-state index is 4.76. The van der Waals surface area contributed by atoms with Crippen molar-refractivity contribution in [2.75, 3.05) is 0 Å². The van der Waals surface area contributed by atoms with Crippen molar-refractivity contribution in [1.82, 2.24) is 0 Å². The zero-order valence-electron chi connectivity index (χ0n) is 9.35. The molecule has 0 saturated heterocycles. The van der Waals surface area contributed by atoms with E-state index in [-0.39, 0.29) is 0 Å². The van der Waals surface area contributed by atoms with E-state index in [4.69, 9.17) is 4.99 Å². The van der Waals surface area contributed by atoms with Crippen LogP contribution in [0.25, 0.3) is 17.2 Å². The Kier molecular flexibility index (Phi) is 1.67. The van der Waals surface area contributed by atoms with Gasteiger partial charge in [0.15, 0.2) is 0 Å². The van der Waals surface area contributed by atoms with E-state index in [0.717, 1.165) is 17.5 Å². The van der Waals surface area contributed by atoms with Crippen LogP contribution in [-0.2, 0) is 6.42 Å². The first-order valence-electron chi connectivity index (χ1n) is 5.90. The fourth-order valence-corrected chi connectivity index (χ4v) is 2.63. The second-order valence-electron chi connectivity index (χ2n) is 4.46. The van der Waals surface area contributed by atoms with Gasteiger partial charge in [-0.2, -0.15) is 0 Å². The average Bonchev–Trinajstić information content (AvgIpc) is 2.78. The molecule has 80 valence electrons. The number of rotatable bonds is 0. The summed E-state index contributed by atoms with van der Waals surface area (Å²) in [7, 11) is 0. The van der Waals surface area contributed by atoms with E-state index in [1.54, 1.807) is 0 Å². The second-order valence-corrected chi connectivity index (χ2v) is 4.46. The molecule has 0 amide bonds. The Morgan fingerprint density at radius 1 is 0.941 bits per heavy atom. The van der Waals surface area contributed by atoms with Crippen LogP contribution in [0.2, 0.25) is 0 Å². The molecular formula is C16H11N. The van der Waals surface area contributed by atoms with E-state index in [9.17, 15) is 0 Å². The van der Waals surface area contributed by atoms with Gasteiger partial charge in [-0.1, -0.05) is 48.6 Å². The van der Waals surface area contributed by atoms with Crippen LogP contribution in [0.15, 0.2) is 53.5 Å². The topological polar surface area (TPSA) is 12.4 Å². The van der Waals surface area contributed by atoms with Crippen LogP contribution in [0.5, 0.6) is 0 Å². The molecule has 0 spiro atoms. The highest BCUT2D eigenvalue weighted by atomic mass is 14.8. The molecule has 2 aliphatic rings. The molecule has 0 N–H and O–H groups in total. The van der Waals surface area contributed by atoms with E-state index < -0.39 is 0 Å². The van der Waals surface area contributed by atoms with Crippen molar-refractivity contribution < 1.29 is 0 Å². The van der Waals surface area contributed by atoms with Crippen molar-refractivity contribution in [2.45, 2.75) is 6.42 Å². The summed E-state index contributed by atoms with van der Waals surface area (Å²) >= 11 is 0. The highest BCUT2D eigenvalue weighted by molar-refractivity contribution is 5.79. The summed E-state index contributed by atoms with van der Waals surface area (Å²) in [4.78, 5) is 4.76. The monoisotopic (exact) mass is 217 g/mol. The number of nitrogens with zero attached hydrogens (tertiary/aromatic N) is 1. The van der Waals surface area contributed by atoms with Gasteiger partial charge < -0.3 is 0 Å². The zero-order valence-corrected chi connectivity index (χ0v) is 9.35. The average molecular weight is 217 g/mol. The third-order valence-corrected chi connectivity index (χ3v) is 3.47. The van der Waals surface area contributed by atoms with Crippen LogP contribution >= 0.6 is 0 Å². The largest absolute Gasteiger partial charge is 0.247 e. The van der Waals surface area contributed by atoms with Crippen LogP contribution < -0.4 is 10.6 Å². The quantitative estimate of drug-likeness (QED) is 0.548. The van der Waals surface area contributed by atoms with Gasteiger partial charge in [0.2, 0.25) is 0 Å². The summed E-state index contributed by atoms with van der Waals surface area (Å²) in [5, 5.41) is 2.44. The van der Waals surface area contributed by atoms with Gasteiger partial charge in [0.25, 0.3) is 0 Å². The lowest BCUT2D eigenvalue weighted by molar-refractivity contribution is 1.19. The molecule has 1 aliphatic heterocycles. The summed E-state index contributed by atoms with van der Waals surface area (Å²) in [5.41, 5.74) is 5.00. The minimum Gasteiger partial charge on any atom is -0.247 e. The Bertz CT molecular complexity index is 767. The Balaban J connectivity index is 2.17. The van der Waals surface area contributed by atoms with Crippen molar-refractivity contribution in [2.24, 2.45) is 4.99 Å². The van der Waals surface area contributed by atoms with Crippen molar-refractivity contribution in [3.63, 3.8) is 0 Å². The molecule has 2 aromatic carbocycles. The fourth-order valence-electron chi connectivity index (χ4n) is 2.63. The Hall–Kier alpha value is -2.15. The summed E-state index contributed by atoms with van der Waals surface area (Å²) in [6.07, 6.45) is 7.51. The first-order valence-corrected chi connectivity index (χ1v) is 5.90. The van der Waals surface area contributed by atoms with Crippen LogP contribution in [0.1, 0.15) is 5.56 Å². The molecule has 4 rings (SSSR count). The lowest BCUT2D eigenvalue weighted by atomic mass is 9.98. The van der Waals surface area contributed by atoms with Gasteiger partial charge in [0.05, 0.1) is 11.0 Å². The molecule has 1 nitrogen and oxygen atoms in total. The SMILES string of the molecule is C1=CCc2ccc3c(c2=C1)=Nc1ccccc1-3. The molecule has 0 fully saturated rings. The van der Waals surface area contributed by atoms with Crippen molar-refractivity contribution in [3.05, 3.63) is 64.7 Å². The molecule has 0 unspecified atom stereocenters. The van der Waals surface area contributed by atoms with Crippen molar-refractivity contribution >= 4 is 11.8 Å². The Morgan fingerprint density at radius 2 is 1.88 bits per heavy atom. The molecular weight excluding hydrogens is 206 g/mol. The Labute approximate surface area is 99.5 Å². The molecule has 0 saturated carbocycles. The lowest BCUT2D eigenvalue weighted by Gasteiger charge is -2.04. The summed E-state index contributed by atoms with van der Waals surface area (Å²) < 4.78 is 0. The fraction of sp³-hybridized carbons (Fsp3) is 0.0625. The van der Waals surface area contributed by atoms with Gasteiger partial charge in [0.1, 0.15) is 0 Å². The number of allylic oxidation sites excluding steroid dienone is 2. The summed E-state index contributed by atoms with van der Waals surface area (Å²) in [5.74, 6) is 0. The maximum absolute atomic E-state index is 4.76. The molecule has 0 atom stereocenters. The first-order chi connectivity index (χ1) is 8.43. The number of hydrogen-bond donors (Lipinski definition) is 0. The molecule has 0 aromatic heterocycles. The molecule has 0 bridgehead atoms. The molecule has 2 aromatic rings. The number of hydrogen-bond acceptors (Lipinski definition) is 1. The normalized spacial score (nSPS) is 14.4. The van der Waals surface area contributed by atoms with Gasteiger partial charge in [-0.3, -0.25) is 0 Å². The van der Waals surface area contributed by atoms with Crippen LogP contribution in [0.3, 0.4) is 0 Å². The number of para-hydroxylation sites is 1. The molecule has 1 heterocycles. The van der Waals surface area contributed by atoms with E-state index in [0.29, 0.717) is 0 Å². The first kappa shape index (κ1) is 8.94. The molecule has 1 aliphatic carbocycles. The van der Waals surface area contributed by atoms with Gasteiger partial charge in [0, 0.05) is 16.3 Å². The van der Waals surface area contributed by atoms with Crippen LogP contribution in [0, 0.1) is 0 Å². The van der Waals surface area contributed by atoms with E-state index in [1.165, 1.54) is 21.9 Å². The van der Waals surface area contributed by atoms with Crippen LogP contribution in [-0.4, -0.2) is 0 Å². The predicted molar refractivity (Wildman–Crippen MR) is 69.6 cm³/mol. The molecule has 1 heteroatoms. The minimum absolute atomic E-state index is 1.02. The van der Waals surface area contributed by atoms with Crippen LogP contribution in [0.4, 0.5) is 5.69 Å². The lowest BCUT2D eigenvalue weighted by Crippen LogP contribution is -2.29. The number of benzene rings is 2. The summed E-state index contributed by atoms with van der Waals surface area (Å²) in [6.45, 7) is 0. The molecule has 0 radical (unpaired) electrons. The highest BCUT2D eigenvalue weighted by Crippen LogP contribution is 2.31. The van der Waals surface area contributed by atoms with Gasteiger partial charge in [-0.25, -0.2) is 4.99 Å². The highest BCUT2D eigenvalue weighted by Gasteiger charge is 2.14.